The molecular weight excluding hydrogens is 258 g/mol. The molecule has 1 N–H and O–H groups in total. The molecule has 1 amide bonds. The number of unbranched alkanes of at least 4 members (excludes halogenated alkanes) is 8. The molecular formula is C16H30ClNO. The summed E-state index contributed by atoms with van der Waals surface area (Å²) in [5.41, 5.74) is -0.0298. The summed E-state index contributed by atoms with van der Waals surface area (Å²) in [4.78, 5) is 11.7. The van der Waals surface area contributed by atoms with E-state index in [-0.39, 0.29) is 11.4 Å². The largest absolute Gasteiger partial charge is 0.349 e. The highest BCUT2D eigenvalue weighted by atomic mass is 35.5. The third-order valence-electron chi connectivity index (χ3n) is 4.02. The van der Waals surface area contributed by atoms with Crippen molar-refractivity contribution in [3.63, 3.8) is 0 Å². The molecule has 0 unspecified atom stereocenters. The van der Waals surface area contributed by atoms with Gasteiger partial charge in [-0.05, 0) is 19.3 Å². The normalized spacial score (nSPS) is 16.3. The Morgan fingerprint density at radius 1 is 1.00 bits per heavy atom. The lowest BCUT2D eigenvalue weighted by Crippen LogP contribution is -2.38. The monoisotopic (exact) mass is 287 g/mol. The van der Waals surface area contributed by atoms with Gasteiger partial charge in [-0.3, -0.25) is 4.79 Å². The van der Waals surface area contributed by atoms with Crippen molar-refractivity contribution in [2.24, 2.45) is 0 Å². The summed E-state index contributed by atoms with van der Waals surface area (Å²) >= 11 is 5.84. The number of amides is 1. The van der Waals surface area contributed by atoms with Crippen LogP contribution in [0.1, 0.15) is 84.0 Å². The zero-order valence-corrected chi connectivity index (χ0v) is 13.2. The van der Waals surface area contributed by atoms with Crippen molar-refractivity contribution in [3.8, 4) is 0 Å². The second-order valence-corrected chi connectivity index (χ2v) is 6.31. The molecule has 1 saturated carbocycles. The van der Waals surface area contributed by atoms with Crippen molar-refractivity contribution < 1.29 is 4.79 Å². The lowest BCUT2D eigenvalue weighted by Gasteiger charge is -2.13. The Labute approximate surface area is 123 Å². The fraction of sp³-hybridized carbons (Fsp3) is 0.938. The van der Waals surface area contributed by atoms with E-state index in [4.69, 9.17) is 11.6 Å². The third-order valence-corrected chi connectivity index (χ3v) is 4.53. The molecule has 1 aliphatic carbocycles. The number of alkyl halides is 1. The van der Waals surface area contributed by atoms with E-state index in [2.05, 4.69) is 12.2 Å². The molecule has 0 saturated heterocycles. The fourth-order valence-electron chi connectivity index (χ4n) is 2.40. The SMILES string of the molecule is CCCCCCCCCCCC(=O)NC1(CCl)CC1. The Balaban J connectivity index is 1.84. The van der Waals surface area contributed by atoms with Gasteiger partial charge >= 0.3 is 0 Å². The predicted molar refractivity (Wildman–Crippen MR) is 82.7 cm³/mol. The molecule has 1 rings (SSSR count). The minimum Gasteiger partial charge on any atom is -0.349 e. The number of nitrogens with one attached hydrogen (secondary N) is 1. The minimum absolute atomic E-state index is 0.0298. The van der Waals surface area contributed by atoms with Gasteiger partial charge in [0.05, 0.1) is 5.54 Å². The topological polar surface area (TPSA) is 29.1 Å². The first kappa shape index (κ1) is 16.8. The first-order chi connectivity index (χ1) is 9.22. The third kappa shape index (κ3) is 7.81. The number of halogens is 1. The van der Waals surface area contributed by atoms with Crippen LogP contribution in [0.4, 0.5) is 0 Å². The van der Waals surface area contributed by atoms with Crippen LogP contribution in [-0.2, 0) is 4.79 Å². The molecule has 3 heteroatoms. The van der Waals surface area contributed by atoms with Gasteiger partial charge in [0, 0.05) is 12.3 Å². The average molecular weight is 288 g/mol. The van der Waals surface area contributed by atoms with Crippen LogP contribution in [0.2, 0.25) is 0 Å². The summed E-state index contributed by atoms with van der Waals surface area (Å²) < 4.78 is 0. The summed E-state index contributed by atoms with van der Waals surface area (Å²) in [7, 11) is 0. The van der Waals surface area contributed by atoms with E-state index in [0.29, 0.717) is 12.3 Å². The van der Waals surface area contributed by atoms with Crippen molar-refractivity contribution in [2.45, 2.75) is 89.5 Å². The summed E-state index contributed by atoms with van der Waals surface area (Å²) in [6, 6.07) is 0. The van der Waals surface area contributed by atoms with Crippen LogP contribution in [0, 0.1) is 0 Å². The van der Waals surface area contributed by atoms with Crippen LogP contribution in [-0.4, -0.2) is 17.3 Å². The molecule has 1 aliphatic rings. The lowest BCUT2D eigenvalue weighted by atomic mass is 10.1. The summed E-state index contributed by atoms with van der Waals surface area (Å²) in [6.45, 7) is 2.25. The molecule has 1 fully saturated rings. The number of rotatable bonds is 12. The van der Waals surface area contributed by atoms with Gasteiger partial charge in [0.1, 0.15) is 0 Å². The van der Waals surface area contributed by atoms with E-state index >= 15 is 0 Å². The van der Waals surface area contributed by atoms with Gasteiger partial charge in [0.15, 0.2) is 0 Å². The van der Waals surface area contributed by atoms with E-state index in [9.17, 15) is 4.79 Å². The van der Waals surface area contributed by atoms with Crippen LogP contribution in [0.25, 0.3) is 0 Å². The molecule has 0 aromatic heterocycles. The molecule has 0 spiro atoms. The van der Waals surface area contributed by atoms with Gasteiger partial charge in [-0.2, -0.15) is 0 Å². The summed E-state index contributed by atoms with van der Waals surface area (Å²) in [5, 5.41) is 3.07. The van der Waals surface area contributed by atoms with E-state index in [0.717, 1.165) is 19.3 Å². The van der Waals surface area contributed by atoms with Gasteiger partial charge in [-0.15, -0.1) is 11.6 Å². The van der Waals surface area contributed by atoms with E-state index in [1.807, 2.05) is 0 Å². The van der Waals surface area contributed by atoms with Crippen molar-refractivity contribution in [3.05, 3.63) is 0 Å². The predicted octanol–water partition coefficient (Wildman–Crippen LogP) is 4.79. The van der Waals surface area contributed by atoms with Crippen LogP contribution >= 0.6 is 11.6 Å². The molecule has 0 aromatic rings. The average Bonchev–Trinajstić information content (AvgIpc) is 3.17. The maximum absolute atomic E-state index is 11.7. The minimum atomic E-state index is -0.0298. The molecule has 19 heavy (non-hydrogen) atoms. The Morgan fingerprint density at radius 2 is 1.53 bits per heavy atom. The molecule has 0 radical (unpaired) electrons. The van der Waals surface area contributed by atoms with Crippen molar-refractivity contribution in [2.75, 3.05) is 5.88 Å². The zero-order valence-electron chi connectivity index (χ0n) is 12.5. The van der Waals surface area contributed by atoms with Crippen LogP contribution in [0.5, 0.6) is 0 Å². The second-order valence-electron chi connectivity index (χ2n) is 6.04. The van der Waals surface area contributed by atoms with Crippen molar-refractivity contribution in [1.29, 1.82) is 0 Å². The van der Waals surface area contributed by atoms with Gasteiger partial charge in [0.2, 0.25) is 5.91 Å². The maximum atomic E-state index is 11.7. The van der Waals surface area contributed by atoms with Gasteiger partial charge in [-0.1, -0.05) is 58.3 Å². The Kier molecular flexibility index (Phi) is 8.52. The Morgan fingerprint density at radius 3 is 2.00 bits per heavy atom. The molecule has 2 nitrogen and oxygen atoms in total. The highest BCUT2D eigenvalue weighted by molar-refractivity contribution is 6.19. The van der Waals surface area contributed by atoms with Gasteiger partial charge in [-0.25, -0.2) is 0 Å². The second kappa shape index (κ2) is 9.63. The van der Waals surface area contributed by atoms with Crippen molar-refractivity contribution in [1.82, 2.24) is 5.32 Å². The van der Waals surface area contributed by atoms with Crippen molar-refractivity contribution >= 4 is 17.5 Å². The summed E-state index contributed by atoms with van der Waals surface area (Å²) in [5.74, 6) is 0.761. The molecule has 0 atom stereocenters. The first-order valence-electron chi connectivity index (χ1n) is 8.09. The Hall–Kier alpha value is -0.240. The smallest absolute Gasteiger partial charge is 0.220 e. The maximum Gasteiger partial charge on any atom is 0.220 e. The molecule has 112 valence electrons. The van der Waals surface area contributed by atoms with E-state index in [1.165, 1.54) is 51.4 Å². The lowest BCUT2D eigenvalue weighted by molar-refractivity contribution is -0.122. The van der Waals surface area contributed by atoms with E-state index < -0.39 is 0 Å². The zero-order chi connectivity index (χ0) is 14.0. The molecule has 0 bridgehead atoms. The van der Waals surface area contributed by atoms with Gasteiger partial charge in [0.25, 0.3) is 0 Å². The summed E-state index contributed by atoms with van der Waals surface area (Å²) in [6.07, 6.45) is 14.4. The highest BCUT2D eigenvalue weighted by Crippen LogP contribution is 2.36. The highest BCUT2D eigenvalue weighted by Gasteiger charge is 2.42. The fourth-order valence-corrected chi connectivity index (χ4v) is 2.73. The van der Waals surface area contributed by atoms with Gasteiger partial charge < -0.3 is 5.32 Å². The standard InChI is InChI=1S/C16H30ClNO/c1-2-3-4-5-6-7-8-9-10-11-15(19)18-16(14-17)12-13-16/h2-14H2,1H3,(H,18,19). The van der Waals surface area contributed by atoms with Crippen LogP contribution < -0.4 is 5.32 Å². The molecule has 0 heterocycles. The quantitative estimate of drug-likeness (QED) is 0.406. The number of carbonyl (C=O) groups is 1. The molecule has 0 aromatic carbocycles. The Bertz CT molecular complexity index is 251. The number of carbonyl (C=O) groups excluding carboxylic acids is 1. The number of hydrogen-bond acceptors (Lipinski definition) is 1. The van der Waals surface area contributed by atoms with Crippen LogP contribution in [0.3, 0.4) is 0 Å². The first-order valence-corrected chi connectivity index (χ1v) is 8.63. The number of hydrogen-bond donors (Lipinski definition) is 1. The van der Waals surface area contributed by atoms with Crippen LogP contribution in [0.15, 0.2) is 0 Å². The van der Waals surface area contributed by atoms with E-state index in [1.54, 1.807) is 0 Å². The molecule has 0 aliphatic heterocycles.